The Bertz CT molecular complexity index is 1760. The maximum Gasteiger partial charge on any atom is 0.411 e. The van der Waals surface area contributed by atoms with Crippen molar-refractivity contribution in [2.75, 3.05) is 38.0 Å². The second-order valence-corrected chi connectivity index (χ2v) is 14.0. The number of methoxy groups -OCH3 is 2. The van der Waals surface area contributed by atoms with Crippen LogP contribution in [0.2, 0.25) is 5.02 Å². The zero-order valence-corrected chi connectivity index (χ0v) is 27.7. The van der Waals surface area contributed by atoms with E-state index in [9.17, 15) is 27.9 Å². The fourth-order valence-corrected chi connectivity index (χ4v) is 6.87. The number of nitrogens with one attached hydrogen (secondary N) is 1. The number of hydrogen-bond donors (Lipinski definition) is 3. The molecule has 0 spiro atoms. The number of likely N-dealkylation sites (tertiary alicyclic amines) is 1. The Morgan fingerprint density at radius 2 is 1.74 bits per heavy atom. The summed E-state index contributed by atoms with van der Waals surface area (Å²) in [6.07, 6.45) is -0.228. The number of amides is 3. The summed E-state index contributed by atoms with van der Waals surface area (Å²) < 4.78 is 37.9. The van der Waals surface area contributed by atoms with E-state index in [0.717, 1.165) is 4.90 Å². The van der Waals surface area contributed by atoms with E-state index >= 15 is 0 Å². The van der Waals surface area contributed by atoms with Crippen LogP contribution in [0.5, 0.6) is 11.5 Å². The van der Waals surface area contributed by atoms with Gasteiger partial charge in [-0.1, -0.05) is 17.7 Å². The molecule has 3 aromatic carbocycles. The van der Waals surface area contributed by atoms with E-state index in [2.05, 4.69) is 5.32 Å². The van der Waals surface area contributed by atoms with E-state index in [1.165, 1.54) is 57.7 Å². The van der Waals surface area contributed by atoms with Crippen LogP contribution in [0.25, 0.3) is 0 Å². The predicted octanol–water partition coefficient (Wildman–Crippen LogP) is 5.27. The van der Waals surface area contributed by atoms with Gasteiger partial charge in [0.25, 0.3) is 0 Å². The average molecular weight is 673 g/mol. The standard InChI is InChI=1S/C32H37ClN4O8S/c1-18(2)46(42,43)28-13-10-21(36(3)32(40)41)17-22(28)25-7-6-14-37(25)31(39)29(19-9-12-26(44-4)27(16-19)45-5)35-24-15-20(30(34)38)8-11-23(24)33/h8-13,15-18,25,29,35H,6-7,14H2,1-5H3,(H2,34,38)(H,40,41)/t25-,29-/m1/s1. The molecule has 1 aliphatic heterocycles. The minimum atomic E-state index is -3.82. The summed E-state index contributed by atoms with van der Waals surface area (Å²) in [6.45, 7) is 3.42. The van der Waals surface area contributed by atoms with Crippen LogP contribution in [-0.4, -0.2) is 69.4 Å². The molecule has 0 saturated carbocycles. The van der Waals surface area contributed by atoms with Crippen molar-refractivity contribution < 1.29 is 37.4 Å². The number of carboxylic acid groups (broad SMARTS) is 1. The third kappa shape index (κ3) is 6.85. The fourth-order valence-electron chi connectivity index (χ4n) is 5.41. The molecular formula is C32H37ClN4O8S. The van der Waals surface area contributed by atoms with E-state index in [0.29, 0.717) is 42.0 Å². The van der Waals surface area contributed by atoms with Crippen molar-refractivity contribution in [2.45, 2.75) is 48.9 Å². The number of hydrogen-bond acceptors (Lipinski definition) is 8. The van der Waals surface area contributed by atoms with Gasteiger partial charge in [0.1, 0.15) is 6.04 Å². The number of halogens is 1. The molecule has 0 aliphatic carbocycles. The van der Waals surface area contributed by atoms with Crippen LogP contribution >= 0.6 is 11.6 Å². The number of rotatable bonds is 11. The molecule has 12 nitrogen and oxygen atoms in total. The molecule has 1 fully saturated rings. The van der Waals surface area contributed by atoms with Crippen LogP contribution in [-0.2, 0) is 14.6 Å². The van der Waals surface area contributed by atoms with Gasteiger partial charge < -0.3 is 30.5 Å². The van der Waals surface area contributed by atoms with E-state index in [4.69, 9.17) is 26.8 Å². The summed E-state index contributed by atoms with van der Waals surface area (Å²) in [4.78, 5) is 41.0. The lowest BCUT2D eigenvalue weighted by Crippen LogP contribution is -2.38. The number of sulfone groups is 1. The molecule has 3 amide bonds. The second kappa shape index (κ2) is 13.9. The van der Waals surface area contributed by atoms with E-state index in [1.807, 2.05) is 0 Å². The van der Waals surface area contributed by atoms with Gasteiger partial charge in [0.2, 0.25) is 11.8 Å². The number of carbonyl (C=O) groups excluding carboxylic acids is 2. The largest absolute Gasteiger partial charge is 0.493 e. The zero-order valence-electron chi connectivity index (χ0n) is 26.1. The van der Waals surface area contributed by atoms with Crippen LogP contribution in [0, 0.1) is 0 Å². The van der Waals surface area contributed by atoms with Crippen molar-refractivity contribution in [3.8, 4) is 11.5 Å². The minimum absolute atomic E-state index is 0.0302. The molecule has 3 aromatic rings. The van der Waals surface area contributed by atoms with Crippen molar-refractivity contribution in [1.82, 2.24) is 4.90 Å². The highest BCUT2D eigenvalue weighted by Crippen LogP contribution is 2.41. The number of benzene rings is 3. The normalized spacial score (nSPS) is 15.4. The van der Waals surface area contributed by atoms with Gasteiger partial charge >= 0.3 is 6.09 Å². The summed E-state index contributed by atoms with van der Waals surface area (Å²) in [5, 5.41) is 12.3. The smallest absolute Gasteiger partial charge is 0.411 e. The number of ether oxygens (including phenoxy) is 2. The van der Waals surface area contributed by atoms with Gasteiger partial charge in [0.15, 0.2) is 21.3 Å². The summed E-state index contributed by atoms with van der Waals surface area (Å²) >= 11 is 6.50. The second-order valence-electron chi connectivity index (χ2n) is 11.1. The highest BCUT2D eigenvalue weighted by atomic mass is 35.5. The monoisotopic (exact) mass is 672 g/mol. The Labute approximate surface area is 272 Å². The van der Waals surface area contributed by atoms with Gasteiger partial charge in [-0.2, -0.15) is 0 Å². The molecule has 0 unspecified atom stereocenters. The van der Waals surface area contributed by atoms with Crippen molar-refractivity contribution in [3.63, 3.8) is 0 Å². The van der Waals surface area contributed by atoms with Gasteiger partial charge in [-0.3, -0.25) is 14.5 Å². The summed E-state index contributed by atoms with van der Waals surface area (Å²) in [6, 6.07) is 12.0. The van der Waals surface area contributed by atoms with E-state index in [1.54, 1.807) is 36.9 Å². The Morgan fingerprint density at radius 3 is 2.35 bits per heavy atom. The number of carbonyl (C=O) groups is 3. The van der Waals surface area contributed by atoms with Crippen LogP contribution in [0.4, 0.5) is 16.2 Å². The maximum absolute atomic E-state index is 14.6. The molecule has 0 radical (unpaired) electrons. The highest BCUT2D eigenvalue weighted by Gasteiger charge is 2.38. The SMILES string of the molecule is COc1ccc([C@@H](Nc2cc(C(N)=O)ccc2Cl)C(=O)N2CCC[C@@H]2c2cc(N(C)C(=O)O)ccc2S(=O)(=O)C(C)C)cc1OC. The maximum atomic E-state index is 14.6. The van der Waals surface area contributed by atoms with Gasteiger partial charge in [-0.15, -0.1) is 0 Å². The number of nitrogens with two attached hydrogens (primary N) is 1. The van der Waals surface area contributed by atoms with E-state index < -0.39 is 45.1 Å². The topological polar surface area (TPSA) is 169 Å². The number of nitrogens with zero attached hydrogens (tertiary/aromatic N) is 2. The molecule has 1 aliphatic rings. The predicted molar refractivity (Wildman–Crippen MR) is 175 cm³/mol. The molecule has 0 aromatic heterocycles. The Morgan fingerprint density at radius 1 is 1.04 bits per heavy atom. The van der Waals surface area contributed by atoms with Crippen molar-refractivity contribution in [3.05, 3.63) is 76.3 Å². The van der Waals surface area contributed by atoms with Crippen LogP contribution in [0.15, 0.2) is 59.5 Å². The van der Waals surface area contributed by atoms with E-state index in [-0.39, 0.29) is 26.9 Å². The van der Waals surface area contributed by atoms with Gasteiger partial charge in [0, 0.05) is 24.8 Å². The quantitative estimate of drug-likeness (QED) is 0.246. The number of anilines is 2. The molecule has 1 heterocycles. The average Bonchev–Trinajstić information content (AvgIpc) is 3.53. The van der Waals surface area contributed by atoms with Crippen molar-refractivity contribution in [1.29, 1.82) is 0 Å². The summed E-state index contributed by atoms with van der Waals surface area (Å²) in [5.74, 6) is -0.295. The van der Waals surface area contributed by atoms with Crippen LogP contribution in [0.1, 0.15) is 60.3 Å². The Kier molecular flexibility index (Phi) is 10.4. The fraction of sp³-hybridized carbons (Fsp3) is 0.344. The van der Waals surface area contributed by atoms with Gasteiger partial charge in [-0.05, 0) is 86.3 Å². The highest BCUT2D eigenvalue weighted by molar-refractivity contribution is 7.92. The van der Waals surface area contributed by atoms with Crippen LogP contribution in [0.3, 0.4) is 0 Å². The van der Waals surface area contributed by atoms with Crippen LogP contribution < -0.4 is 25.4 Å². The minimum Gasteiger partial charge on any atom is -0.493 e. The third-order valence-electron chi connectivity index (χ3n) is 8.03. The number of primary amides is 1. The molecule has 1 saturated heterocycles. The molecule has 2 atom stereocenters. The molecular weight excluding hydrogens is 636 g/mol. The first-order valence-corrected chi connectivity index (χ1v) is 16.4. The molecule has 4 rings (SSSR count). The first-order chi connectivity index (χ1) is 21.7. The van der Waals surface area contributed by atoms with Crippen molar-refractivity contribution in [2.24, 2.45) is 5.73 Å². The summed E-state index contributed by atoms with van der Waals surface area (Å²) in [7, 11) is 0.486. The molecule has 14 heteroatoms. The first kappa shape index (κ1) is 34.4. The lowest BCUT2D eigenvalue weighted by molar-refractivity contribution is -0.133. The first-order valence-electron chi connectivity index (χ1n) is 14.4. The van der Waals surface area contributed by atoms with Gasteiger partial charge in [0.05, 0.1) is 41.1 Å². The lowest BCUT2D eigenvalue weighted by Gasteiger charge is -2.32. The van der Waals surface area contributed by atoms with Crippen molar-refractivity contribution >= 4 is 50.7 Å². The summed E-state index contributed by atoms with van der Waals surface area (Å²) in [5.41, 5.74) is 7.01. The Balaban J connectivity index is 1.87. The molecule has 0 bridgehead atoms. The Hall–Kier alpha value is -4.49. The van der Waals surface area contributed by atoms with Gasteiger partial charge in [-0.25, -0.2) is 13.2 Å². The third-order valence-corrected chi connectivity index (χ3v) is 10.6. The lowest BCUT2D eigenvalue weighted by atomic mass is 10.00. The molecule has 246 valence electrons. The molecule has 46 heavy (non-hydrogen) atoms. The molecule has 4 N–H and O–H groups in total. The zero-order chi connectivity index (χ0) is 33.9.